The molecular weight excluding hydrogens is 318 g/mol. The fourth-order valence-corrected chi connectivity index (χ4v) is 3.63. The molecule has 6 nitrogen and oxygen atoms in total. The van der Waals surface area contributed by atoms with Crippen molar-refractivity contribution in [3.63, 3.8) is 0 Å². The molecule has 130 valence electrons. The van der Waals surface area contributed by atoms with E-state index in [2.05, 4.69) is 4.72 Å². The highest BCUT2D eigenvalue weighted by Crippen LogP contribution is 2.21. The van der Waals surface area contributed by atoms with Crippen LogP contribution in [0.5, 0.6) is 5.75 Å². The van der Waals surface area contributed by atoms with Crippen molar-refractivity contribution in [1.82, 2.24) is 4.72 Å². The van der Waals surface area contributed by atoms with Gasteiger partial charge in [-0.1, -0.05) is 0 Å². The lowest BCUT2D eigenvalue weighted by atomic mass is 10.2. The van der Waals surface area contributed by atoms with E-state index in [1.807, 2.05) is 6.92 Å². The maximum Gasteiger partial charge on any atom is 0.240 e. The van der Waals surface area contributed by atoms with Gasteiger partial charge in [-0.3, -0.25) is 0 Å². The van der Waals surface area contributed by atoms with Gasteiger partial charge in [0, 0.05) is 19.8 Å². The number of nitrogens with one attached hydrogen (secondary N) is 1. The Kier molecular flexibility index (Phi) is 6.83. The van der Waals surface area contributed by atoms with E-state index in [0.717, 1.165) is 25.0 Å². The summed E-state index contributed by atoms with van der Waals surface area (Å²) in [4.78, 5) is 0.246. The summed E-state index contributed by atoms with van der Waals surface area (Å²) < 4.78 is 43.1. The molecule has 23 heavy (non-hydrogen) atoms. The molecule has 0 radical (unpaired) electrons. The van der Waals surface area contributed by atoms with E-state index in [9.17, 15) is 8.42 Å². The molecule has 1 heterocycles. The van der Waals surface area contributed by atoms with Crippen molar-refractivity contribution in [2.45, 2.75) is 37.2 Å². The monoisotopic (exact) mass is 343 g/mol. The summed E-state index contributed by atoms with van der Waals surface area (Å²) >= 11 is 0. The molecule has 0 aromatic heterocycles. The molecule has 1 saturated heterocycles. The third-order valence-corrected chi connectivity index (χ3v) is 5.22. The fraction of sp³-hybridized carbons (Fsp3) is 0.625. The number of benzene rings is 1. The summed E-state index contributed by atoms with van der Waals surface area (Å²) in [7, 11) is -1.94. The van der Waals surface area contributed by atoms with Crippen LogP contribution < -0.4 is 9.46 Å². The fourth-order valence-electron chi connectivity index (χ4n) is 2.47. The number of hydrogen-bond donors (Lipinski definition) is 1. The van der Waals surface area contributed by atoms with Gasteiger partial charge >= 0.3 is 0 Å². The van der Waals surface area contributed by atoms with Crippen LogP contribution in [-0.2, 0) is 19.5 Å². The van der Waals surface area contributed by atoms with Gasteiger partial charge in [-0.05, 0) is 49.9 Å². The van der Waals surface area contributed by atoms with Crippen molar-refractivity contribution in [2.24, 2.45) is 0 Å². The molecule has 1 aliphatic rings. The van der Waals surface area contributed by atoms with E-state index < -0.39 is 10.0 Å². The highest BCUT2D eigenvalue weighted by Gasteiger charge is 2.16. The van der Waals surface area contributed by atoms with Gasteiger partial charge in [0.15, 0.2) is 0 Å². The van der Waals surface area contributed by atoms with Crippen LogP contribution in [0, 0.1) is 6.92 Å². The number of ether oxygens (including phenoxy) is 3. The van der Waals surface area contributed by atoms with Crippen LogP contribution in [-0.4, -0.2) is 48.0 Å². The van der Waals surface area contributed by atoms with Gasteiger partial charge in [0.2, 0.25) is 10.0 Å². The molecule has 1 atom stereocenters. The van der Waals surface area contributed by atoms with E-state index in [4.69, 9.17) is 14.2 Å². The van der Waals surface area contributed by atoms with Crippen LogP contribution in [0.2, 0.25) is 0 Å². The molecule has 0 bridgehead atoms. The zero-order valence-corrected chi connectivity index (χ0v) is 14.5. The zero-order chi connectivity index (χ0) is 16.7. The van der Waals surface area contributed by atoms with Crippen LogP contribution >= 0.6 is 0 Å². The SMILES string of the molecule is COc1ccc(S(=O)(=O)NCCCOCC2CCCO2)cc1C. The molecule has 1 aromatic carbocycles. The average molecular weight is 343 g/mol. The number of methoxy groups -OCH3 is 1. The van der Waals surface area contributed by atoms with Gasteiger partial charge in [-0.15, -0.1) is 0 Å². The van der Waals surface area contributed by atoms with Crippen LogP contribution in [0.3, 0.4) is 0 Å². The average Bonchev–Trinajstić information content (AvgIpc) is 3.04. The summed E-state index contributed by atoms with van der Waals surface area (Å²) in [6.07, 6.45) is 2.97. The molecule has 0 aliphatic carbocycles. The van der Waals surface area contributed by atoms with Crippen molar-refractivity contribution in [2.75, 3.05) is 33.5 Å². The molecule has 1 aliphatic heterocycles. The first-order valence-corrected chi connectivity index (χ1v) is 9.35. The normalized spacial score (nSPS) is 18.3. The molecule has 1 fully saturated rings. The molecule has 1 aromatic rings. The molecule has 1 unspecified atom stereocenters. The second kappa shape index (κ2) is 8.63. The van der Waals surface area contributed by atoms with Crippen molar-refractivity contribution in [3.8, 4) is 5.75 Å². The topological polar surface area (TPSA) is 73.9 Å². The Morgan fingerprint density at radius 1 is 1.39 bits per heavy atom. The number of rotatable bonds is 9. The summed E-state index contributed by atoms with van der Waals surface area (Å²) in [5.41, 5.74) is 0.787. The van der Waals surface area contributed by atoms with E-state index in [-0.39, 0.29) is 11.0 Å². The first kappa shape index (κ1) is 18.2. The molecular formula is C16H25NO5S. The quantitative estimate of drug-likeness (QED) is 0.693. The number of sulfonamides is 1. The van der Waals surface area contributed by atoms with E-state index in [0.29, 0.717) is 31.9 Å². The van der Waals surface area contributed by atoms with Gasteiger partial charge < -0.3 is 14.2 Å². The van der Waals surface area contributed by atoms with Gasteiger partial charge in [0.1, 0.15) is 5.75 Å². The minimum Gasteiger partial charge on any atom is -0.496 e. The van der Waals surface area contributed by atoms with Gasteiger partial charge in [0.05, 0.1) is 24.7 Å². The highest BCUT2D eigenvalue weighted by atomic mass is 32.2. The maximum absolute atomic E-state index is 12.2. The second-order valence-corrected chi connectivity index (χ2v) is 7.36. The van der Waals surface area contributed by atoms with Crippen molar-refractivity contribution in [1.29, 1.82) is 0 Å². The zero-order valence-electron chi connectivity index (χ0n) is 13.7. The van der Waals surface area contributed by atoms with Crippen LogP contribution in [0.4, 0.5) is 0 Å². The van der Waals surface area contributed by atoms with Crippen molar-refractivity contribution >= 4 is 10.0 Å². The van der Waals surface area contributed by atoms with Crippen molar-refractivity contribution < 1.29 is 22.6 Å². The smallest absolute Gasteiger partial charge is 0.240 e. The van der Waals surface area contributed by atoms with Gasteiger partial charge in [-0.2, -0.15) is 0 Å². The summed E-state index contributed by atoms with van der Waals surface area (Å²) in [6.45, 7) is 4.08. The Labute approximate surface area is 138 Å². The summed E-state index contributed by atoms with van der Waals surface area (Å²) in [5, 5.41) is 0. The molecule has 1 N–H and O–H groups in total. The number of aryl methyl sites for hydroxylation is 1. The van der Waals surface area contributed by atoms with E-state index in [1.54, 1.807) is 25.3 Å². The summed E-state index contributed by atoms with van der Waals surface area (Å²) in [5.74, 6) is 0.673. The van der Waals surface area contributed by atoms with E-state index in [1.165, 1.54) is 0 Å². The largest absolute Gasteiger partial charge is 0.496 e. The standard InChI is InChI=1S/C16H25NO5S/c1-13-11-15(6-7-16(13)20-2)23(18,19)17-8-4-9-21-12-14-5-3-10-22-14/h6-7,11,14,17H,3-5,8-10,12H2,1-2H3. The lowest BCUT2D eigenvalue weighted by Crippen LogP contribution is -2.26. The predicted molar refractivity (Wildman–Crippen MR) is 87.3 cm³/mol. The van der Waals surface area contributed by atoms with E-state index >= 15 is 0 Å². The molecule has 7 heteroatoms. The Morgan fingerprint density at radius 2 is 2.22 bits per heavy atom. The second-order valence-electron chi connectivity index (χ2n) is 5.59. The first-order chi connectivity index (χ1) is 11.0. The van der Waals surface area contributed by atoms with Gasteiger partial charge in [-0.25, -0.2) is 13.1 Å². The third-order valence-electron chi connectivity index (χ3n) is 3.76. The Morgan fingerprint density at radius 3 is 2.87 bits per heavy atom. The molecule has 0 amide bonds. The maximum atomic E-state index is 12.2. The lowest BCUT2D eigenvalue weighted by molar-refractivity contribution is 0.0169. The van der Waals surface area contributed by atoms with Crippen molar-refractivity contribution in [3.05, 3.63) is 23.8 Å². The molecule has 2 rings (SSSR count). The summed E-state index contributed by atoms with van der Waals surface area (Å²) in [6, 6.07) is 4.81. The van der Waals surface area contributed by atoms with Crippen LogP contribution in [0.1, 0.15) is 24.8 Å². The Balaban J connectivity index is 1.72. The minimum atomic E-state index is -3.50. The molecule has 0 saturated carbocycles. The van der Waals surface area contributed by atoms with Crippen LogP contribution in [0.25, 0.3) is 0 Å². The molecule has 0 spiro atoms. The Bertz CT molecular complexity index is 596. The highest BCUT2D eigenvalue weighted by molar-refractivity contribution is 7.89. The number of hydrogen-bond acceptors (Lipinski definition) is 5. The third kappa shape index (κ3) is 5.46. The minimum absolute atomic E-state index is 0.203. The predicted octanol–water partition coefficient (Wildman–Crippen LogP) is 1.87. The first-order valence-electron chi connectivity index (χ1n) is 7.86. The van der Waals surface area contributed by atoms with Crippen LogP contribution in [0.15, 0.2) is 23.1 Å². The lowest BCUT2D eigenvalue weighted by Gasteiger charge is -2.11. The Hall–Kier alpha value is -1.15. The van der Waals surface area contributed by atoms with Gasteiger partial charge in [0.25, 0.3) is 0 Å².